The first-order valence-electron chi connectivity index (χ1n) is 7.97. The van der Waals surface area contributed by atoms with Crippen LogP contribution in [0, 0.1) is 17.8 Å². The van der Waals surface area contributed by atoms with Crippen LogP contribution in [0.4, 0.5) is 0 Å². The lowest BCUT2D eigenvalue weighted by Crippen LogP contribution is -2.17. The molecule has 2 fully saturated rings. The molecule has 21 heavy (non-hydrogen) atoms. The van der Waals surface area contributed by atoms with Crippen molar-refractivity contribution >= 4 is 34.2 Å². The zero-order valence-corrected chi connectivity index (χ0v) is 13.6. The lowest BCUT2D eigenvalue weighted by molar-refractivity contribution is 0.349. The number of hydrogen-bond acceptors (Lipinski definition) is 1. The molecular weight excluding hydrogens is 303 g/mol. The van der Waals surface area contributed by atoms with Gasteiger partial charge in [0, 0.05) is 23.9 Å². The number of imidazole rings is 1. The largest absolute Gasteiger partial charge is 0.328 e. The van der Waals surface area contributed by atoms with Crippen LogP contribution in [0.25, 0.3) is 11.0 Å². The van der Waals surface area contributed by atoms with Crippen molar-refractivity contribution in [3.05, 3.63) is 29.0 Å². The first-order valence-corrected chi connectivity index (χ1v) is 8.88. The van der Waals surface area contributed by atoms with Crippen LogP contribution in [0.2, 0.25) is 5.02 Å². The van der Waals surface area contributed by atoms with Gasteiger partial charge < -0.3 is 4.57 Å². The van der Waals surface area contributed by atoms with E-state index in [9.17, 15) is 0 Å². The molecule has 0 bridgehead atoms. The second-order valence-electron chi connectivity index (χ2n) is 6.55. The van der Waals surface area contributed by atoms with Gasteiger partial charge in [-0.2, -0.15) is 0 Å². The summed E-state index contributed by atoms with van der Waals surface area (Å²) in [5.41, 5.74) is 2.22. The zero-order chi connectivity index (χ0) is 14.4. The van der Waals surface area contributed by atoms with Gasteiger partial charge in [-0.3, -0.25) is 0 Å². The average Bonchev–Trinajstić information content (AvgIpc) is 3.35. The molecule has 4 rings (SSSR count). The maximum absolute atomic E-state index is 6.11. The number of rotatable bonds is 6. The van der Waals surface area contributed by atoms with Crippen LogP contribution in [0.1, 0.15) is 31.5 Å². The van der Waals surface area contributed by atoms with Crippen LogP contribution in [0.5, 0.6) is 0 Å². The molecule has 0 unspecified atom stereocenters. The molecule has 0 saturated heterocycles. The molecule has 2 aliphatic carbocycles. The Morgan fingerprint density at radius 2 is 1.90 bits per heavy atom. The molecule has 0 amide bonds. The molecule has 0 radical (unpaired) electrons. The molecule has 0 atom stereocenters. The smallest absolute Gasteiger partial charge is 0.111 e. The quantitative estimate of drug-likeness (QED) is 0.691. The van der Waals surface area contributed by atoms with Crippen molar-refractivity contribution in [2.45, 2.75) is 38.6 Å². The van der Waals surface area contributed by atoms with Crippen molar-refractivity contribution in [3.8, 4) is 0 Å². The minimum atomic E-state index is 0.620. The maximum Gasteiger partial charge on any atom is 0.111 e. The minimum absolute atomic E-state index is 0.620. The van der Waals surface area contributed by atoms with E-state index in [0.717, 1.165) is 47.1 Å². The summed E-state index contributed by atoms with van der Waals surface area (Å²) in [6, 6.07) is 6.05. The van der Waals surface area contributed by atoms with Crippen LogP contribution < -0.4 is 0 Å². The molecule has 2 aromatic rings. The minimum Gasteiger partial charge on any atom is -0.328 e. The van der Waals surface area contributed by atoms with E-state index < -0.39 is 0 Å². The van der Waals surface area contributed by atoms with Crippen molar-refractivity contribution in [2.24, 2.45) is 17.8 Å². The monoisotopic (exact) mass is 322 g/mol. The molecular formula is C17H20Cl2N2. The number of alkyl halides is 1. The second-order valence-corrected chi connectivity index (χ2v) is 7.36. The van der Waals surface area contributed by atoms with Gasteiger partial charge in [-0.1, -0.05) is 11.6 Å². The fourth-order valence-corrected chi connectivity index (χ4v) is 3.91. The van der Waals surface area contributed by atoms with E-state index in [1.807, 2.05) is 12.1 Å². The standard InChI is InChI=1S/C17H20Cl2N2/c18-8-7-17-20-15-9-13(19)5-6-16(15)21(17)10-14(11-1-2-11)12-3-4-12/h5-6,9,11-12,14H,1-4,7-8,10H2. The van der Waals surface area contributed by atoms with E-state index in [-0.39, 0.29) is 0 Å². The van der Waals surface area contributed by atoms with E-state index in [1.54, 1.807) is 0 Å². The molecule has 1 aromatic carbocycles. The van der Waals surface area contributed by atoms with Gasteiger partial charge in [-0.15, -0.1) is 11.6 Å². The number of aryl methyl sites for hydroxylation is 1. The lowest BCUT2D eigenvalue weighted by Gasteiger charge is -2.18. The van der Waals surface area contributed by atoms with Crippen LogP contribution in [0.3, 0.4) is 0 Å². The highest BCUT2D eigenvalue weighted by Gasteiger charge is 2.41. The van der Waals surface area contributed by atoms with Gasteiger partial charge in [-0.05, 0) is 61.6 Å². The van der Waals surface area contributed by atoms with Gasteiger partial charge in [0.25, 0.3) is 0 Å². The number of halogens is 2. The molecule has 0 N–H and O–H groups in total. The summed E-state index contributed by atoms with van der Waals surface area (Å²) in [5, 5.41) is 0.755. The van der Waals surface area contributed by atoms with Crippen LogP contribution in [-0.2, 0) is 13.0 Å². The molecule has 1 heterocycles. The summed E-state index contributed by atoms with van der Waals surface area (Å²) < 4.78 is 2.41. The van der Waals surface area contributed by atoms with Gasteiger partial charge in [-0.25, -0.2) is 4.98 Å². The summed E-state index contributed by atoms with van der Waals surface area (Å²) in [6.07, 6.45) is 6.51. The van der Waals surface area contributed by atoms with Gasteiger partial charge in [0.15, 0.2) is 0 Å². The van der Waals surface area contributed by atoms with Crippen molar-refractivity contribution in [3.63, 3.8) is 0 Å². The Labute approximate surface area is 135 Å². The van der Waals surface area contributed by atoms with Gasteiger partial charge >= 0.3 is 0 Å². The van der Waals surface area contributed by atoms with E-state index in [1.165, 1.54) is 31.2 Å². The molecule has 4 heteroatoms. The predicted molar refractivity (Wildman–Crippen MR) is 88.1 cm³/mol. The Bertz CT molecular complexity index is 644. The molecule has 112 valence electrons. The Kier molecular flexibility index (Phi) is 3.63. The Balaban J connectivity index is 1.72. The van der Waals surface area contributed by atoms with E-state index in [0.29, 0.717) is 5.88 Å². The summed E-state index contributed by atoms with van der Waals surface area (Å²) in [5.74, 6) is 4.48. The van der Waals surface area contributed by atoms with E-state index in [4.69, 9.17) is 28.2 Å². The highest BCUT2D eigenvalue weighted by Crippen LogP contribution is 2.50. The van der Waals surface area contributed by atoms with E-state index in [2.05, 4.69) is 10.6 Å². The second kappa shape index (κ2) is 5.48. The molecule has 2 saturated carbocycles. The molecule has 2 nitrogen and oxygen atoms in total. The number of hydrogen-bond donors (Lipinski definition) is 0. The Morgan fingerprint density at radius 1 is 1.19 bits per heavy atom. The Morgan fingerprint density at radius 3 is 2.52 bits per heavy atom. The predicted octanol–water partition coefficient (Wildman–Crippen LogP) is 4.91. The van der Waals surface area contributed by atoms with Gasteiger partial charge in [0.1, 0.15) is 5.82 Å². The highest BCUT2D eigenvalue weighted by atomic mass is 35.5. The fraction of sp³-hybridized carbons (Fsp3) is 0.588. The van der Waals surface area contributed by atoms with Crippen LogP contribution in [0.15, 0.2) is 18.2 Å². The highest BCUT2D eigenvalue weighted by molar-refractivity contribution is 6.31. The number of aromatic nitrogens is 2. The van der Waals surface area contributed by atoms with E-state index >= 15 is 0 Å². The number of fused-ring (bicyclic) bond motifs is 1. The third-order valence-corrected chi connectivity index (χ3v) is 5.38. The van der Waals surface area contributed by atoms with Gasteiger partial charge in [0.05, 0.1) is 11.0 Å². The zero-order valence-electron chi connectivity index (χ0n) is 12.1. The normalized spacial score (nSPS) is 18.8. The average molecular weight is 323 g/mol. The maximum atomic E-state index is 6.11. The summed E-state index contributed by atoms with van der Waals surface area (Å²) in [6.45, 7) is 1.11. The SMILES string of the molecule is ClCCc1nc2cc(Cl)ccc2n1CC(C1CC1)C1CC1. The number of benzene rings is 1. The molecule has 1 aromatic heterocycles. The third-order valence-electron chi connectivity index (χ3n) is 4.96. The first-order chi connectivity index (χ1) is 10.3. The van der Waals surface area contributed by atoms with Crippen molar-refractivity contribution in [1.29, 1.82) is 0 Å². The summed E-state index contributed by atoms with van der Waals surface area (Å²) in [4.78, 5) is 4.77. The molecule has 0 spiro atoms. The van der Waals surface area contributed by atoms with Crippen LogP contribution in [-0.4, -0.2) is 15.4 Å². The van der Waals surface area contributed by atoms with Crippen molar-refractivity contribution in [1.82, 2.24) is 9.55 Å². The fourth-order valence-electron chi connectivity index (χ4n) is 3.57. The molecule has 0 aliphatic heterocycles. The number of nitrogens with zero attached hydrogens (tertiary/aromatic N) is 2. The summed E-state index contributed by atoms with van der Waals surface area (Å²) >= 11 is 12.1. The van der Waals surface area contributed by atoms with Gasteiger partial charge in [0.2, 0.25) is 0 Å². The van der Waals surface area contributed by atoms with Crippen LogP contribution >= 0.6 is 23.2 Å². The Hall–Kier alpha value is -0.730. The van der Waals surface area contributed by atoms with Crippen molar-refractivity contribution < 1.29 is 0 Å². The first kappa shape index (κ1) is 13.9. The third kappa shape index (κ3) is 2.80. The molecule has 2 aliphatic rings. The lowest BCUT2D eigenvalue weighted by atomic mass is 9.97. The summed E-state index contributed by atoms with van der Waals surface area (Å²) in [7, 11) is 0. The van der Waals surface area contributed by atoms with Crippen molar-refractivity contribution in [2.75, 3.05) is 5.88 Å². The topological polar surface area (TPSA) is 17.8 Å².